The maximum absolute atomic E-state index is 13.0. The van der Waals surface area contributed by atoms with E-state index in [1.165, 1.54) is 49.6 Å². The highest BCUT2D eigenvalue weighted by atomic mass is 35.5. The number of nitriles is 1. The van der Waals surface area contributed by atoms with Crippen LogP contribution in [0.5, 0.6) is 11.5 Å². The van der Waals surface area contributed by atoms with Crippen LogP contribution < -0.4 is 20.1 Å². The van der Waals surface area contributed by atoms with Gasteiger partial charge in [0.25, 0.3) is 11.8 Å². The van der Waals surface area contributed by atoms with E-state index >= 15 is 0 Å². The first kappa shape index (κ1) is 25.3. The van der Waals surface area contributed by atoms with E-state index in [9.17, 15) is 19.2 Å². The fraction of sp³-hybridized carbons (Fsp3) is 0.115. The Morgan fingerprint density at radius 2 is 1.83 bits per heavy atom. The summed E-state index contributed by atoms with van der Waals surface area (Å²) in [6.45, 7) is 1.51. The third kappa shape index (κ3) is 7.06. The minimum absolute atomic E-state index is 0.113. The zero-order chi connectivity index (χ0) is 25.4. The smallest absolute Gasteiger partial charge is 0.266 e. The number of nitrogens with zero attached hydrogens (tertiary/aromatic N) is 1. The van der Waals surface area contributed by atoms with Gasteiger partial charge in [-0.1, -0.05) is 23.7 Å². The molecule has 35 heavy (non-hydrogen) atoms. The van der Waals surface area contributed by atoms with Crippen molar-refractivity contribution < 1.29 is 23.5 Å². The molecule has 0 aliphatic heterocycles. The van der Waals surface area contributed by atoms with Crippen molar-refractivity contribution in [3.63, 3.8) is 0 Å². The highest BCUT2D eigenvalue weighted by Gasteiger charge is 2.16. The summed E-state index contributed by atoms with van der Waals surface area (Å²) >= 11 is 6.34. The molecule has 7 nitrogen and oxygen atoms in total. The van der Waals surface area contributed by atoms with Gasteiger partial charge in [-0.05, 0) is 72.7 Å². The molecule has 3 aromatic carbocycles. The Hall–Kier alpha value is -4.35. The number of methoxy groups -OCH3 is 1. The van der Waals surface area contributed by atoms with E-state index in [4.69, 9.17) is 21.1 Å². The first-order valence-corrected chi connectivity index (χ1v) is 10.7. The summed E-state index contributed by atoms with van der Waals surface area (Å²) in [5.74, 6) is -1.17. The number of nitrogens with one attached hydrogen (secondary N) is 2. The number of anilines is 2. The second kappa shape index (κ2) is 11.7. The van der Waals surface area contributed by atoms with Crippen LogP contribution in [0.25, 0.3) is 6.08 Å². The van der Waals surface area contributed by atoms with Gasteiger partial charge in [0.15, 0.2) is 18.1 Å². The van der Waals surface area contributed by atoms with Gasteiger partial charge in [0, 0.05) is 11.4 Å². The highest BCUT2D eigenvalue weighted by Crippen LogP contribution is 2.37. The molecule has 9 heteroatoms. The van der Waals surface area contributed by atoms with E-state index in [0.717, 1.165) is 5.56 Å². The van der Waals surface area contributed by atoms with Gasteiger partial charge in [0.1, 0.15) is 17.5 Å². The quantitative estimate of drug-likeness (QED) is 0.325. The number of aryl methyl sites for hydroxylation is 1. The largest absolute Gasteiger partial charge is 0.493 e. The molecule has 0 spiro atoms. The zero-order valence-electron chi connectivity index (χ0n) is 18.9. The van der Waals surface area contributed by atoms with Gasteiger partial charge in [-0.25, -0.2) is 4.39 Å². The minimum Gasteiger partial charge on any atom is -0.493 e. The van der Waals surface area contributed by atoms with Gasteiger partial charge in [-0.3, -0.25) is 9.59 Å². The predicted octanol–water partition coefficient (Wildman–Crippen LogP) is 5.36. The van der Waals surface area contributed by atoms with Crippen LogP contribution in [-0.4, -0.2) is 25.5 Å². The Balaban J connectivity index is 1.73. The Morgan fingerprint density at radius 1 is 1.09 bits per heavy atom. The van der Waals surface area contributed by atoms with Crippen molar-refractivity contribution in [2.45, 2.75) is 6.92 Å². The lowest BCUT2D eigenvalue weighted by Crippen LogP contribution is -2.20. The monoisotopic (exact) mass is 493 g/mol. The Morgan fingerprint density at radius 3 is 2.49 bits per heavy atom. The summed E-state index contributed by atoms with van der Waals surface area (Å²) in [6.07, 6.45) is 1.37. The summed E-state index contributed by atoms with van der Waals surface area (Å²) < 4.78 is 23.9. The van der Waals surface area contributed by atoms with E-state index in [1.54, 1.807) is 18.2 Å². The summed E-state index contributed by atoms with van der Waals surface area (Å²) in [6, 6.07) is 17.4. The standard InChI is InChI=1S/C26H21ClFN3O4/c1-16-4-3-5-21(10-16)31-26(33)18(14-29)11-17-12-22(27)25(23(13-17)34-2)35-15-24(32)30-20-8-6-19(28)7-9-20/h3-13H,15H2,1-2H3,(H,30,32)(H,31,33)/b18-11+. The summed E-state index contributed by atoms with van der Waals surface area (Å²) in [5.41, 5.74) is 2.22. The molecule has 0 saturated heterocycles. The Bertz CT molecular complexity index is 1320. The number of halogens is 2. The van der Waals surface area contributed by atoms with Gasteiger partial charge >= 0.3 is 0 Å². The fourth-order valence-electron chi connectivity index (χ4n) is 3.07. The molecule has 2 N–H and O–H groups in total. The van der Waals surface area contributed by atoms with E-state index in [1.807, 2.05) is 19.1 Å². The van der Waals surface area contributed by atoms with Crippen LogP contribution in [0.1, 0.15) is 11.1 Å². The van der Waals surface area contributed by atoms with Crippen LogP contribution in [0.2, 0.25) is 5.02 Å². The predicted molar refractivity (Wildman–Crippen MR) is 132 cm³/mol. The maximum Gasteiger partial charge on any atom is 0.266 e. The van der Waals surface area contributed by atoms with E-state index in [2.05, 4.69) is 10.6 Å². The maximum atomic E-state index is 13.0. The van der Waals surface area contributed by atoms with E-state index in [0.29, 0.717) is 16.9 Å². The van der Waals surface area contributed by atoms with E-state index in [-0.39, 0.29) is 28.7 Å². The molecular formula is C26H21ClFN3O4. The molecule has 3 rings (SSSR count). The molecule has 0 radical (unpaired) electrons. The molecule has 0 bridgehead atoms. The summed E-state index contributed by atoms with van der Waals surface area (Å²) in [5, 5.41) is 14.9. The average Bonchev–Trinajstić information content (AvgIpc) is 2.82. The fourth-order valence-corrected chi connectivity index (χ4v) is 3.34. The molecule has 0 atom stereocenters. The molecule has 0 fully saturated rings. The second-order valence-corrected chi connectivity index (χ2v) is 7.78. The number of carbonyl (C=O) groups is 2. The lowest BCUT2D eigenvalue weighted by Gasteiger charge is -2.13. The van der Waals surface area contributed by atoms with Crippen molar-refractivity contribution in [2.24, 2.45) is 0 Å². The highest BCUT2D eigenvalue weighted by molar-refractivity contribution is 6.32. The lowest BCUT2D eigenvalue weighted by molar-refractivity contribution is -0.118. The number of hydrogen-bond acceptors (Lipinski definition) is 5. The normalized spacial score (nSPS) is 10.8. The molecule has 0 heterocycles. The summed E-state index contributed by atoms with van der Waals surface area (Å²) in [4.78, 5) is 24.7. The SMILES string of the molecule is COc1cc(/C=C(\C#N)C(=O)Nc2cccc(C)c2)cc(Cl)c1OCC(=O)Nc1ccc(F)cc1. The van der Waals surface area contributed by atoms with Crippen molar-refractivity contribution in [1.82, 2.24) is 0 Å². The number of rotatable bonds is 8. The molecule has 0 saturated carbocycles. The average molecular weight is 494 g/mol. The van der Waals surface area contributed by atoms with Crippen LogP contribution in [0.15, 0.2) is 66.2 Å². The number of carbonyl (C=O) groups excluding carboxylic acids is 2. The molecule has 0 aliphatic carbocycles. The molecule has 178 valence electrons. The van der Waals surface area contributed by atoms with Crippen molar-refractivity contribution in [3.05, 3.63) is 88.2 Å². The van der Waals surface area contributed by atoms with Crippen molar-refractivity contribution in [2.75, 3.05) is 24.4 Å². The van der Waals surface area contributed by atoms with Crippen LogP contribution in [0, 0.1) is 24.1 Å². The van der Waals surface area contributed by atoms with Gasteiger partial charge < -0.3 is 20.1 Å². The van der Waals surface area contributed by atoms with E-state index < -0.39 is 17.6 Å². The summed E-state index contributed by atoms with van der Waals surface area (Å²) in [7, 11) is 1.39. The van der Waals surface area contributed by atoms with Gasteiger partial charge in [0.05, 0.1) is 12.1 Å². The number of ether oxygens (including phenoxy) is 2. The third-order valence-electron chi connectivity index (χ3n) is 4.68. The first-order valence-electron chi connectivity index (χ1n) is 10.3. The van der Waals surface area contributed by atoms with Crippen molar-refractivity contribution in [1.29, 1.82) is 5.26 Å². The topological polar surface area (TPSA) is 100 Å². The van der Waals surface area contributed by atoms with Crippen LogP contribution in [0.4, 0.5) is 15.8 Å². The van der Waals surface area contributed by atoms with Crippen LogP contribution in [-0.2, 0) is 9.59 Å². The molecule has 3 aromatic rings. The minimum atomic E-state index is -0.578. The Kier molecular flexibility index (Phi) is 8.43. The van der Waals surface area contributed by atoms with Gasteiger partial charge in [-0.15, -0.1) is 0 Å². The van der Waals surface area contributed by atoms with Gasteiger partial charge in [0.2, 0.25) is 0 Å². The Labute approximate surface area is 206 Å². The molecule has 2 amide bonds. The molecule has 0 aromatic heterocycles. The lowest BCUT2D eigenvalue weighted by atomic mass is 10.1. The van der Waals surface area contributed by atoms with Crippen molar-refractivity contribution >= 4 is 40.9 Å². The van der Waals surface area contributed by atoms with Gasteiger partial charge in [-0.2, -0.15) is 5.26 Å². The first-order chi connectivity index (χ1) is 16.8. The third-order valence-corrected chi connectivity index (χ3v) is 4.96. The number of benzene rings is 3. The molecule has 0 unspecified atom stereocenters. The zero-order valence-corrected chi connectivity index (χ0v) is 19.7. The molecular weight excluding hydrogens is 473 g/mol. The number of hydrogen-bond donors (Lipinski definition) is 2. The number of amides is 2. The van der Waals surface area contributed by atoms with Crippen LogP contribution in [0.3, 0.4) is 0 Å². The van der Waals surface area contributed by atoms with Crippen molar-refractivity contribution in [3.8, 4) is 17.6 Å². The second-order valence-electron chi connectivity index (χ2n) is 7.37. The molecule has 0 aliphatic rings. The van der Waals surface area contributed by atoms with Crippen LogP contribution >= 0.6 is 11.6 Å².